The van der Waals surface area contributed by atoms with Gasteiger partial charge in [0.2, 0.25) is 5.91 Å². The van der Waals surface area contributed by atoms with Gasteiger partial charge < -0.3 is 10.4 Å². The van der Waals surface area contributed by atoms with Gasteiger partial charge in [0, 0.05) is 12.6 Å². The van der Waals surface area contributed by atoms with Crippen LogP contribution in [0.25, 0.3) is 0 Å². The minimum atomic E-state index is 0.00913. The van der Waals surface area contributed by atoms with Crippen LogP contribution < -0.4 is 5.32 Å². The summed E-state index contributed by atoms with van der Waals surface area (Å²) in [5, 5.41) is 12.2. The summed E-state index contributed by atoms with van der Waals surface area (Å²) < 4.78 is 0. The van der Waals surface area contributed by atoms with Crippen molar-refractivity contribution in [1.82, 2.24) is 10.2 Å². The Morgan fingerprint density at radius 3 is 2.79 bits per heavy atom. The van der Waals surface area contributed by atoms with E-state index in [9.17, 15) is 9.90 Å². The van der Waals surface area contributed by atoms with E-state index in [1.54, 1.807) is 0 Å². The first-order valence-corrected chi connectivity index (χ1v) is 6.89. The summed E-state index contributed by atoms with van der Waals surface area (Å²) in [6.07, 6.45) is 2.36. The van der Waals surface area contributed by atoms with Gasteiger partial charge in [0.05, 0.1) is 13.2 Å². The zero-order valence-corrected chi connectivity index (χ0v) is 11.4. The Bertz CT molecular complexity index is 434. The number of amides is 1. The van der Waals surface area contributed by atoms with Crippen molar-refractivity contribution >= 4 is 5.91 Å². The fraction of sp³-hybridized carbons (Fsp3) is 0.533. The number of carbonyl (C=O) groups is 1. The van der Waals surface area contributed by atoms with E-state index in [-0.39, 0.29) is 12.5 Å². The van der Waals surface area contributed by atoms with Gasteiger partial charge in [-0.3, -0.25) is 9.69 Å². The molecule has 0 spiro atoms. The summed E-state index contributed by atoms with van der Waals surface area (Å²) in [6, 6.07) is 8.14. The van der Waals surface area contributed by atoms with Crippen molar-refractivity contribution < 1.29 is 9.90 Å². The summed E-state index contributed by atoms with van der Waals surface area (Å²) in [6.45, 7) is 4.15. The van der Waals surface area contributed by atoms with Crippen LogP contribution in [0, 0.1) is 0 Å². The van der Waals surface area contributed by atoms with Crippen LogP contribution in [0.4, 0.5) is 0 Å². The van der Waals surface area contributed by atoms with Crippen LogP contribution in [0.2, 0.25) is 0 Å². The molecule has 1 aliphatic rings. The molecule has 0 radical (unpaired) electrons. The number of likely N-dealkylation sites (tertiary alicyclic amines) is 1. The Labute approximate surface area is 114 Å². The van der Waals surface area contributed by atoms with Gasteiger partial charge in [-0.2, -0.15) is 0 Å². The molecule has 1 heterocycles. The van der Waals surface area contributed by atoms with Crippen LogP contribution in [0.15, 0.2) is 24.3 Å². The van der Waals surface area contributed by atoms with Crippen LogP contribution in [0.5, 0.6) is 0 Å². The van der Waals surface area contributed by atoms with Crippen LogP contribution >= 0.6 is 0 Å². The highest BCUT2D eigenvalue weighted by molar-refractivity contribution is 5.78. The van der Waals surface area contributed by atoms with E-state index in [0.717, 1.165) is 17.7 Å². The quantitative estimate of drug-likeness (QED) is 0.840. The number of nitrogens with zero attached hydrogens (tertiary/aromatic N) is 1. The summed E-state index contributed by atoms with van der Waals surface area (Å²) >= 11 is 0. The molecule has 4 heteroatoms. The fourth-order valence-electron chi connectivity index (χ4n) is 2.55. The van der Waals surface area contributed by atoms with Gasteiger partial charge in [0.1, 0.15) is 0 Å². The second-order valence-corrected chi connectivity index (χ2v) is 5.17. The van der Waals surface area contributed by atoms with Gasteiger partial charge in [0.25, 0.3) is 0 Å². The van der Waals surface area contributed by atoms with Crippen molar-refractivity contribution in [2.45, 2.75) is 39.0 Å². The minimum absolute atomic E-state index is 0.00913. The molecule has 0 aliphatic carbocycles. The smallest absolute Gasteiger partial charge is 0.234 e. The molecule has 1 atom stereocenters. The molecule has 2 rings (SSSR count). The molecule has 1 saturated heterocycles. The number of hydrogen-bond donors (Lipinski definition) is 2. The minimum Gasteiger partial charge on any atom is -0.392 e. The zero-order chi connectivity index (χ0) is 13.7. The number of hydrogen-bond acceptors (Lipinski definition) is 3. The normalized spacial score (nSPS) is 19.6. The third kappa shape index (κ3) is 3.78. The van der Waals surface area contributed by atoms with Gasteiger partial charge in [-0.15, -0.1) is 0 Å². The van der Waals surface area contributed by atoms with E-state index in [2.05, 4.69) is 17.1 Å². The molecule has 19 heavy (non-hydrogen) atoms. The van der Waals surface area contributed by atoms with E-state index in [0.29, 0.717) is 19.1 Å². The molecule has 2 N–H and O–H groups in total. The first-order chi connectivity index (χ1) is 9.20. The molecule has 1 aromatic rings. The number of benzene rings is 1. The average molecular weight is 262 g/mol. The molecule has 0 bridgehead atoms. The van der Waals surface area contributed by atoms with E-state index < -0.39 is 0 Å². The number of rotatable bonds is 5. The van der Waals surface area contributed by atoms with Crippen LogP contribution in [0.3, 0.4) is 0 Å². The number of nitrogens with one attached hydrogen (secondary N) is 1. The summed E-state index contributed by atoms with van der Waals surface area (Å²) in [5.74, 6) is 0.0569. The van der Waals surface area contributed by atoms with Crippen molar-refractivity contribution in [3.05, 3.63) is 35.4 Å². The van der Waals surface area contributed by atoms with E-state index >= 15 is 0 Å². The molecule has 1 aliphatic heterocycles. The molecular weight excluding hydrogens is 240 g/mol. The SMILES string of the molecule is CC1CCCN1CC(=O)NCc1ccccc1CO. The van der Waals surface area contributed by atoms with Gasteiger partial charge >= 0.3 is 0 Å². The Balaban J connectivity index is 1.83. The Kier molecular flexibility index (Phi) is 4.93. The van der Waals surface area contributed by atoms with E-state index in [1.165, 1.54) is 12.8 Å². The van der Waals surface area contributed by atoms with Crippen LogP contribution in [0.1, 0.15) is 30.9 Å². The molecule has 0 saturated carbocycles. The highest BCUT2D eigenvalue weighted by atomic mass is 16.3. The average Bonchev–Trinajstić information content (AvgIpc) is 2.82. The lowest BCUT2D eigenvalue weighted by Gasteiger charge is -2.20. The molecule has 1 amide bonds. The molecule has 0 aromatic heterocycles. The Morgan fingerprint density at radius 1 is 1.42 bits per heavy atom. The summed E-state index contributed by atoms with van der Waals surface area (Å²) in [5.41, 5.74) is 1.85. The second-order valence-electron chi connectivity index (χ2n) is 5.17. The first-order valence-electron chi connectivity index (χ1n) is 6.89. The maximum atomic E-state index is 11.9. The lowest BCUT2D eigenvalue weighted by Crippen LogP contribution is -2.38. The topological polar surface area (TPSA) is 52.6 Å². The monoisotopic (exact) mass is 262 g/mol. The molecule has 1 unspecified atom stereocenters. The molecular formula is C15H22N2O2. The first kappa shape index (κ1) is 14.0. The maximum absolute atomic E-state index is 11.9. The Hall–Kier alpha value is -1.39. The Morgan fingerprint density at radius 2 is 2.16 bits per heavy atom. The predicted octanol–water partition coefficient (Wildman–Crippen LogP) is 1.28. The summed E-state index contributed by atoms with van der Waals surface area (Å²) in [7, 11) is 0. The van der Waals surface area contributed by atoms with E-state index in [1.807, 2.05) is 24.3 Å². The van der Waals surface area contributed by atoms with Crippen molar-refractivity contribution in [1.29, 1.82) is 0 Å². The van der Waals surface area contributed by atoms with Crippen LogP contribution in [-0.2, 0) is 17.9 Å². The zero-order valence-electron chi connectivity index (χ0n) is 11.4. The standard InChI is InChI=1S/C15H22N2O2/c1-12-5-4-8-17(12)10-15(19)16-9-13-6-2-3-7-14(13)11-18/h2-3,6-7,12,18H,4-5,8-11H2,1H3,(H,16,19). The third-order valence-electron chi connectivity index (χ3n) is 3.80. The maximum Gasteiger partial charge on any atom is 0.234 e. The highest BCUT2D eigenvalue weighted by Gasteiger charge is 2.22. The van der Waals surface area contributed by atoms with Crippen molar-refractivity contribution in [3.63, 3.8) is 0 Å². The molecule has 4 nitrogen and oxygen atoms in total. The second kappa shape index (κ2) is 6.68. The molecule has 1 fully saturated rings. The van der Waals surface area contributed by atoms with Gasteiger partial charge in [-0.1, -0.05) is 24.3 Å². The summed E-state index contributed by atoms with van der Waals surface area (Å²) in [4.78, 5) is 14.1. The van der Waals surface area contributed by atoms with Gasteiger partial charge in [0.15, 0.2) is 0 Å². The van der Waals surface area contributed by atoms with Gasteiger partial charge in [-0.05, 0) is 37.4 Å². The lowest BCUT2D eigenvalue weighted by atomic mass is 10.1. The van der Waals surface area contributed by atoms with Gasteiger partial charge in [-0.25, -0.2) is 0 Å². The highest BCUT2D eigenvalue weighted by Crippen LogP contribution is 2.15. The fourth-order valence-corrected chi connectivity index (χ4v) is 2.55. The van der Waals surface area contributed by atoms with Crippen LogP contribution in [-0.4, -0.2) is 35.0 Å². The van der Waals surface area contributed by atoms with Crippen molar-refractivity contribution in [3.8, 4) is 0 Å². The third-order valence-corrected chi connectivity index (χ3v) is 3.80. The molecule has 1 aromatic carbocycles. The predicted molar refractivity (Wildman–Crippen MR) is 74.5 cm³/mol. The lowest BCUT2D eigenvalue weighted by molar-refractivity contribution is -0.122. The van der Waals surface area contributed by atoms with E-state index in [4.69, 9.17) is 0 Å². The van der Waals surface area contributed by atoms with Crippen molar-refractivity contribution in [2.75, 3.05) is 13.1 Å². The number of aliphatic hydroxyl groups is 1. The number of aliphatic hydroxyl groups excluding tert-OH is 1. The number of carbonyl (C=O) groups excluding carboxylic acids is 1. The molecule has 104 valence electrons. The van der Waals surface area contributed by atoms with Crippen molar-refractivity contribution in [2.24, 2.45) is 0 Å². The largest absolute Gasteiger partial charge is 0.392 e.